The molecule has 1 N–H and O–H groups in total. The highest BCUT2D eigenvalue weighted by atomic mass is 19.1. The molecule has 2 aliphatic heterocycles. The molecule has 0 spiro atoms. The molecule has 1 aliphatic carbocycles. The molecule has 0 amide bonds. The number of morpholine rings is 1. The molecule has 0 unspecified atom stereocenters. The number of ether oxygens (including phenoxy) is 2. The maximum absolute atomic E-state index is 15.2. The first-order valence-electron chi connectivity index (χ1n) is 13.8. The lowest BCUT2D eigenvalue weighted by molar-refractivity contribution is 0.122. The van der Waals surface area contributed by atoms with Gasteiger partial charge in [-0.2, -0.15) is 0 Å². The van der Waals surface area contributed by atoms with Crippen molar-refractivity contribution in [3.8, 4) is 5.75 Å². The van der Waals surface area contributed by atoms with Gasteiger partial charge in [-0.25, -0.2) is 19.3 Å². The van der Waals surface area contributed by atoms with Crippen LogP contribution in [0, 0.1) is 11.7 Å². The standard InChI is InChI=1S/C28H36FN7O2/c1-35-9-6-20(17-35)34-28-26(29)23(32-18-33-28)14-19-2-4-22(5-3-19)38-25-16-21(36-10-12-37-13-11-36)15-24-27(25)31-8-7-30-24/h7-8,15-16,18-20,22H,2-6,9-14,17H2,1H3,(H,32,33,34)/t19?,20-,22?/m0/s1. The summed E-state index contributed by atoms with van der Waals surface area (Å²) in [5.74, 6) is 1.20. The molecule has 0 radical (unpaired) electrons. The van der Waals surface area contributed by atoms with E-state index in [-0.39, 0.29) is 18.0 Å². The first kappa shape index (κ1) is 25.2. The van der Waals surface area contributed by atoms with Crippen molar-refractivity contribution in [2.75, 3.05) is 56.7 Å². The van der Waals surface area contributed by atoms with E-state index in [0.717, 1.165) is 94.0 Å². The molecule has 4 heterocycles. The number of hydrogen-bond acceptors (Lipinski definition) is 9. The molecule has 2 saturated heterocycles. The molecule has 38 heavy (non-hydrogen) atoms. The summed E-state index contributed by atoms with van der Waals surface area (Å²) < 4.78 is 27.3. The maximum Gasteiger partial charge on any atom is 0.186 e. The lowest BCUT2D eigenvalue weighted by Gasteiger charge is -2.31. The van der Waals surface area contributed by atoms with Gasteiger partial charge in [-0.3, -0.25) is 4.98 Å². The van der Waals surface area contributed by atoms with Gasteiger partial charge in [-0.1, -0.05) is 0 Å². The number of likely N-dealkylation sites (tertiary alicyclic amines) is 1. The van der Waals surface area contributed by atoms with Crippen molar-refractivity contribution in [1.82, 2.24) is 24.8 Å². The molecular weight excluding hydrogens is 485 g/mol. The first-order valence-corrected chi connectivity index (χ1v) is 13.8. The quantitative estimate of drug-likeness (QED) is 0.500. The molecule has 1 saturated carbocycles. The number of rotatable bonds is 7. The van der Waals surface area contributed by atoms with Gasteiger partial charge in [0.2, 0.25) is 0 Å². The lowest BCUT2D eigenvalue weighted by atomic mass is 9.84. The number of fused-ring (bicyclic) bond motifs is 1. The predicted molar refractivity (Wildman–Crippen MR) is 144 cm³/mol. The zero-order valence-corrected chi connectivity index (χ0v) is 22.0. The molecule has 3 aliphatic rings. The highest BCUT2D eigenvalue weighted by molar-refractivity contribution is 5.85. The fraction of sp³-hybridized carbons (Fsp3) is 0.571. The molecule has 9 nitrogen and oxygen atoms in total. The van der Waals surface area contributed by atoms with Crippen molar-refractivity contribution in [2.45, 2.75) is 50.7 Å². The average molecular weight is 522 g/mol. The molecular formula is C28H36FN7O2. The van der Waals surface area contributed by atoms with Crippen molar-refractivity contribution in [3.63, 3.8) is 0 Å². The smallest absolute Gasteiger partial charge is 0.186 e. The normalized spacial score (nSPS) is 24.6. The van der Waals surface area contributed by atoms with Crippen LogP contribution in [0.5, 0.6) is 5.75 Å². The number of likely N-dealkylation sites (N-methyl/N-ethyl adjacent to an activating group) is 1. The largest absolute Gasteiger partial charge is 0.488 e. The van der Waals surface area contributed by atoms with E-state index < -0.39 is 0 Å². The van der Waals surface area contributed by atoms with Crippen molar-refractivity contribution in [1.29, 1.82) is 0 Å². The Morgan fingerprint density at radius 1 is 1.00 bits per heavy atom. The Balaban J connectivity index is 1.09. The monoisotopic (exact) mass is 521 g/mol. The van der Waals surface area contributed by atoms with E-state index in [1.54, 1.807) is 12.4 Å². The van der Waals surface area contributed by atoms with Crippen LogP contribution in [0.2, 0.25) is 0 Å². The zero-order chi connectivity index (χ0) is 25.9. The number of benzene rings is 1. The minimum Gasteiger partial charge on any atom is -0.488 e. The SMILES string of the molecule is CN1CC[C@H](Nc2ncnc(CC3CCC(Oc4cc(N5CCOCC5)cc5nccnc45)CC3)c2F)C1. The Bertz CT molecular complexity index is 1250. The predicted octanol–water partition coefficient (Wildman–Crippen LogP) is 3.69. The fourth-order valence-electron chi connectivity index (χ4n) is 5.92. The van der Waals surface area contributed by atoms with Gasteiger partial charge in [0.15, 0.2) is 11.6 Å². The number of nitrogens with one attached hydrogen (secondary N) is 1. The molecule has 1 atom stereocenters. The summed E-state index contributed by atoms with van der Waals surface area (Å²) in [4.78, 5) is 22.2. The van der Waals surface area contributed by atoms with E-state index in [2.05, 4.69) is 54.2 Å². The van der Waals surface area contributed by atoms with Crippen LogP contribution in [0.15, 0.2) is 30.9 Å². The van der Waals surface area contributed by atoms with E-state index in [1.807, 2.05) is 0 Å². The molecule has 6 rings (SSSR count). The summed E-state index contributed by atoms with van der Waals surface area (Å²) in [6.45, 7) is 5.07. The second-order valence-corrected chi connectivity index (χ2v) is 10.8. The van der Waals surface area contributed by atoms with Gasteiger partial charge >= 0.3 is 0 Å². The molecule has 3 aromatic rings. The van der Waals surface area contributed by atoms with Crippen LogP contribution in [-0.4, -0.2) is 83.4 Å². The number of aromatic nitrogens is 4. The molecule has 2 aromatic heterocycles. The van der Waals surface area contributed by atoms with Crippen molar-refractivity contribution < 1.29 is 13.9 Å². The van der Waals surface area contributed by atoms with Gasteiger partial charge in [0.05, 0.1) is 30.5 Å². The van der Waals surface area contributed by atoms with Crippen LogP contribution in [0.4, 0.5) is 15.9 Å². The average Bonchev–Trinajstić information content (AvgIpc) is 3.36. The van der Waals surface area contributed by atoms with Gasteiger partial charge < -0.3 is 24.6 Å². The van der Waals surface area contributed by atoms with E-state index in [9.17, 15) is 0 Å². The Kier molecular flexibility index (Phi) is 7.51. The van der Waals surface area contributed by atoms with Gasteiger partial charge in [0.1, 0.15) is 17.6 Å². The first-order chi connectivity index (χ1) is 18.6. The molecule has 3 fully saturated rings. The van der Waals surface area contributed by atoms with Gasteiger partial charge in [0.25, 0.3) is 0 Å². The van der Waals surface area contributed by atoms with E-state index in [0.29, 0.717) is 23.9 Å². The van der Waals surface area contributed by atoms with E-state index in [1.165, 1.54) is 6.33 Å². The van der Waals surface area contributed by atoms with Crippen LogP contribution < -0.4 is 15.0 Å². The molecule has 10 heteroatoms. The van der Waals surface area contributed by atoms with Crippen molar-refractivity contribution in [3.05, 3.63) is 42.4 Å². The van der Waals surface area contributed by atoms with Crippen LogP contribution in [0.1, 0.15) is 37.8 Å². The highest BCUT2D eigenvalue weighted by Gasteiger charge is 2.27. The lowest BCUT2D eigenvalue weighted by Crippen LogP contribution is -2.36. The van der Waals surface area contributed by atoms with Gasteiger partial charge in [0, 0.05) is 49.8 Å². The minimum atomic E-state index is -0.301. The number of anilines is 2. The van der Waals surface area contributed by atoms with Gasteiger partial charge in [-0.15, -0.1) is 0 Å². The summed E-state index contributed by atoms with van der Waals surface area (Å²) in [5, 5.41) is 3.29. The van der Waals surface area contributed by atoms with E-state index in [4.69, 9.17) is 9.47 Å². The van der Waals surface area contributed by atoms with Crippen LogP contribution >= 0.6 is 0 Å². The summed E-state index contributed by atoms with van der Waals surface area (Å²) in [6, 6.07) is 4.41. The van der Waals surface area contributed by atoms with Crippen LogP contribution in [-0.2, 0) is 11.2 Å². The van der Waals surface area contributed by atoms with Gasteiger partial charge in [-0.05, 0) is 64.1 Å². The third-order valence-corrected chi connectivity index (χ3v) is 8.06. The second-order valence-electron chi connectivity index (χ2n) is 10.8. The number of nitrogens with zero attached hydrogens (tertiary/aromatic N) is 6. The topological polar surface area (TPSA) is 88.5 Å². The van der Waals surface area contributed by atoms with E-state index >= 15 is 4.39 Å². The molecule has 1 aromatic carbocycles. The van der Waals surface area contributed by atoms with Crippen molar-refractivity contribution >= 4 is 22.5 Å². The Morgan fingerprint density at radius 2 is 1.82 bits per heavy atom. The summed E-state index contributed by atoms with van der Waals surface area (Å²) >= 11 is 0. The number of halogens is 1. The third kappa shape index (κ3) is 5.66. The summed E-state index contributed by atoms with van der Waals surface area (Å²) in [5.41, 5.74) is 3.24. The Morgan fingerprint density at radius 3 is 2.61 bits per heavy atom. The molecule has 202 valence electrons. The fourth-order valence-corrected chi connectivity index (χ4v) is 5.92. The number of hydrogen-bond donors (Lipinski definition) is 1. The van der Waals surface area contributed by atoms with Crippen LogP contribution in [0.3, 0.4) is 0 Å². The highest BCUT2D eigenvalue weighted by Crippen LogP contribution is 2.35. The summed E-state index contributed by atoms with van der Waals surface area (Å²) in [7, 11) is 2.08. The van der Waals surface area contributed by atoms with Crippen LogP contribution in [0.25, 0.3) is 11.0 Å². The van der Waals surface area contributed by atoms with Crippen molar-refractivity contribution in [2.24, 2.45) is 5.92 Å². The summed E-state index contributed by atoms with van der Waals surface area (Å²) in [6.07, 6.45) is 10.4. The Labute approximate surface area is 222 Å². The maximum atomic E-state index is 15.2. The zero-order valence-electron chi connectivity index (χ0n) is 22.0. The molecule has 0 bridgehead atoms. The minimum absolute atomic E-state index is 0.100. The second kappa shape index (κ2) is 11.3. The third-order valence-electron chi connectivity index (χ3n) is 8.06. The Hall–Kier alpha value is -3.11.